The number of fused-ring (bicyclic) bond motifs is 3. The molecule has 3 aliphatic rings. The molecule has 1 N–H and O–H groups in total. The predicted octanol–water partition coefficient (Wildman–Crippen LogP) is 1.52. The zero-order chi connectivity index (χ0) is 19.4. The molecule has 0 bridgehead atoms. The fraction of sp³-hybridized carbons (Fsp3) is 0.737. The number of aliphatic hydroxyl groups excluding tert-OH is 1. The minimum atomic E-state index is -1.56. The van der Waals surface area contributed by atoms with Gasteiger partial charge in [0.1, 0.15) is 11.7 Å². The van der Waals surface area contributed by atoms with Crippen molar-refractivity contribution < 1.29 is 33.7 Å². The van der Waals surface area contributed by atoms with Crippen LogP contribution in [0.25, 0.3) is 0 Å². The summed E-state index contributed by atoms with van der Waals surface area (Å²) in [6, 6.07) is 0. The molecule has 3 rings (SSSR count). The molecule has 144 valence electrons. The number of hydrogen-bond acceptors (Lipinski definition) is 7. The molecule has 0 radical (unpaired) electrons. The summed E-state index contributed by atoms with van der Waals surface area (Å²) >= 11 is 0. The highest BCUT2D eigenvalue weighted by molar-refractivity contribution is 5.85. The fourth-order valence-corrected chi connectivity index (χ4v) is 5.22. The molecule has 0 amide bonds. The third-order valence-electron chi connectivity index (χ3n) is 6.19. The van der Waals surface area contributed by atoms with Gasteiger partial charge in [-0.1, -0.05) is 11.6 Å². The number of rotatable bonds is 2. The first-order valence-corrected chi connectivity index (χ1v) is 8.94. The smallest absolute Gasteiger partial charge is 0.351 e. The Kier molecular flexibility index (Phi) is 4.42. The van der Waals surface area contributed by atoms with Crippen LogP contribution in [-0.2, 0) is 28.6 Å². The Morgan fingerprint density at radius 1 is 1.23 bits per heavy atom. The zero-order valence-corrected chi connectivity index (χ0v) is 15.8. The van der Waals surface area contributed by atoms with Gasteiger partial charge in [-0.2, -0.15) is 0 Å². The lowest BCUT2D eigenvalue weighted by molar-refractivity contribution is -0.178. The second-order valence-electron chi connectivity index (χ2n) is 8.09. The quantitative estimate of drug-likeness (QED) is 0.449. The molecule has 7 atom stereocenters. The molecule has 1 saturated heterocycles. The van der Waals surface area contributed by atoms with E-state index in [0.717, 1.165) is 5.57 Å². The summed E-state index contributed by atoms with van der Waals surface area (Å²) in [5.41, 5.74) is -1.44. The van der Waals surface area contributed by atoms with Crippen molar-refractivity contribution in [3.63, 3.8) is 0 Å². The van der Waals surface area contributed by atoms with Gasteiger partial charge in [-0.15, -0.1) is 0 Å². The Bertz CT molecular complexity index is 683. The highest BCUT2D eigenvalue weighted by atomic mass is 16.6. The number of ether oxygens (including phenoxy) is 3. The van der Waals surface area contributed by atoms with Gasteiger partial charge < -0.3 is 19.3 Å². The van der Waals surface area contributed by atoms with Crippen molar-refractivity contribution in [2.75, 3.05) is 0 Å². The van der Waals surface area contributed by atoms with E-state index in [-0.39, 0.29) is 18.3 Å². The summed E-state index contributed by atoms with van der Waals surface area (Å²) in [7, 11) is 0. The second kappa shape index (κ2) is 6.08. The first-order valence-electron chi connectivity index (χ1n) is 8.94. The lowest BCUT2D eigenvalue weighted by Crippen LogP contribution is -2.49. The highest BCUT2D eigenvalue weighted by Gasteiger charge is 2.67. The Morgan fingerprint density at radius 2 is 1.85 bits per heavy atom. The number of esters is 3. The number of aliphatic hydroxyl groups is 1. The van der Waals surface area contributed by atoms with Gasteiger partial charge in [-0.3, -0.25) is 9.59 Å². The fourth-order valence-electron chi connectivity index (χ4n) is 5.22. The zero-order valence-electron chi connectivity index (χ0n) is 15.8. The van der Waals surface area contributed by atoms with E-state index in [1.165, 1.54) is 20.8 Å². The van der Waals surface area contributed by atoms with Crippen molar-refractivity contribution in [1.82, 2.24) is 0 Å². The molecule has 1 saturated carbocycles. The lowest BCUT2D eigenvalue weighted by atomic mass is 9.75. The molecule has 0 aromatic heterocycles. The van der Waals surface area contributed by atoms with Gasteiger partial charge in [-0.05, 0) is 27.2 Å². The normalized spacial score (nSPS) is 44.3. The van der Waals surface area contributed by atoms with Gasteiger partial charge in [-0.25, -0.2) is 4.79 Å². The summed E-state index contributed by atoms with van der Waals surface area (Å²) in [5.74, 6) is -2.73. The molecule has 2 fully saturated rings. The Morgan fingerprint density at radius 3 is 2.42 bits per heavy atom. The Labute approximate surface area is 152 Å². The number of carbonyl (C=O) groups is 3. The van der Waals surface area contributed by atoms with Gasteiger partial charge in [0.05, 0.1) is 12.0 Å². The van der Waals surface area contributed by atoms with E-state index in [2.05, 4.69) is 6.08 Å². The SMILES string of the molecule is CC(=O)O[C@@]1(C)C[C@H](O)[C@@H]2[C@@H](OC(=O)[C@@]2(C)OC(C)=O)[C@@H]2C(C)=CC[C@@H]21. The molecule has 1 heterocycles. The third kappa shape index (κ3) is 2.73. The monoisotopic (exact) mass is 366 g/mol. The first-order chi connectivity index (χ1) is 12.0. The third-order valence-corrected chi connectivity index (χ3v) is 6.19. The van der Waals surface area contributed by atoms with Crippen LogP contribution in [0.2, 0.25) is 0 Å². The van der Waals surface area contributed by atoms with Gasteiger partial charge in [0, 0.05) is 32.1 Å². The first kappa shape index (κ1) is 18.9. The van der Waals surface area contributed by atoms with E-state index in [1.54, 1.807) is 0 Å². The second-order valence-corrected chi connectivity index (χ2v) is 8.09. The highest BCUT2D eigenvalue weighted by Crippen LogP contribution is 2.55. The maximum Gasteiger partial charge on any atom is 0.351 e. The van der Waals surface area contributed by atoms with Gasteiger partial charge >= 0.3 is 17.9 Å². The average molecular weight is 366 g/mol. The Balaban J connectivity index is 2.07. The minimum Gasteiger partial charge on any atom is -0.459 e. The van der Waals surface area contributed by atoms with Crippen molar-refractivity contribution in [1.29, 1.82) is 0 Å². The van der Waals surface area contributed by atoms with Gasteiger partial charge in [0.15, 0.2) is 0 Å². The van der Waals surface area contributed by atoms with E-state index in [0.29, 0.717) is 6.42 Å². The van der Waals surface area contributed by atoms with E-state index >= 15 is 0 Å². The standard InChI is InChI=1S/C19H26O7/c1-9-6-7-12-14(9)16-15(13(22)8-18(12,4)25-10(2)20)19(5,17(23)24-16)26-11(3)21/h6,12-16,22H,7-8H2,1-5H3/t12-,13-,14+,15+,16-,18-,19-/m0/s1. The molecule has 2 aliphatic carbocycles. The number of allylic oxidation sites excluding steroid dienone is 1. The maximum absolute atomic E-state index is 12.6. The summed E-state index contributed by atoms with van der Waals surface area (Å²) in [6.45, 7) is 7.82. The minimum absolute atomic E-state index is 0.122. The summed E-state index contributed by atoms with van der Waals surface area (Å²) in [6.07, 6.45) is 1.20. The number of carbonyl (C=O) groups excluding carboxylic acids is 3. The van der Waals surface area contributed by atoms with Crippen molar-refractivity contribution in [2.45, 2.75) is 70.9 Å². The summed E-state index contributed by atoms with van der Waals surface area (Å²) < 4.78 is 16.6. The largest absolute Gasteiger partial charge is 0.459 e. The molecule has 7 nitrogen and oxygen atoms in total. The van der Waals surface area contributed by atoms with Gasteiger partial charge in [0.2, 0.25) is 5.60 Å². The van der Waals surface area contributed by atoms with Crippen LogP contribution in [0.15, 0.2) is 11.6 Å². The number of hydrogen-bond donors (Lipinski definition) is 1. The molecule has 0 aromatic carbocycles. The van der Waals surface area contributed by atoms with Crippen molar-refractivity contribution in [3.8, 4) is 0 Å². The van der Waals surface area contributed by atoms with Gasteiger partial charge in [0.25, 0.3) is 0 Å². The molecular weight excluding hydrogens is 340 g/mol. The van der Waals surface area contributed by atoms with Crippen molar-refractivity contribution in [2.24, 2.45) is 17.8 Å². The predicted molar refractivity (Wildman–Crippen MR) is 89.7 cm³/mol. The van der Waals surface area contributed by atoms with Crippen LogP contribution in [0.4, 0.5) is 0 Å². The molecule has 0 aromatic rings. The van der Waals surface area contributed by atoms with E-state index < -0.39 is 47.2 Å². The van der Waals surface area contributed by atoms with Crippen LogP contribution >= 0.6 is 0 Å². The summed E-state index contributed by atoms with van der Waals surface area (Å²) in [5, 5.41) is 11.0. The van der Waals surface area contributed by atoms with Crippen LogP contribution in [0, 0.1) is 17.8 Å². The molecule has 0 spiro atoms. The average Bonchev–Trinajstić information content (AvgIpc) is 2.93. The van der Waals surface area contributed by atoms with Crippen LogP contribution in [-0.4, -0.2) is 46.4 Å². The van der Waals surface area contributed by atoms with E-state index in [9.17, 15) is 19.5 Å². The van der Waals surface area contributed by atoms with Crippen LogP contribution in [0.5, 0.6) is 0 Å². The molecule has 1 aliphatic heterocycles. The Hall–Kier alpha value is -1.89. The summed E-state index contributed by atoms with van der Waals surface area (Å²) in [4.78, 5) is 35.9. The topological polar surface area (TPSA) is 99.1 Å². The van der Waals surface area contributed by atoms with E-state index in [4.69, 9.17) is 14.2 Å². The molecule has 7 heteroatoms. The molecular formula is C19H26O7. The lowest BCUT2D eigenvalue weighted by Gasteiger charge is -2.38. The van der Waals surface area contributed by atoms with Crippen molar-refractivity contribution in [3.05, 3.63) is 11.6 Å². The van der Waals surface area contributed by atoms with Crippen LogP contribution in [0.3, 0.4) is 0 Å². The molecule has 0 unspecified atom stereocenters. The van der Waals surface area contributed by atoms with Crippen molar-refractivity contribution >= 4 is 17.9 Å². The maximum atomic E-state index is 12.6. The van der Waals surface area contributed by atoms with Crippen LogP contribution in [0.1, 0.15) is 47.5 Å². The van der Waals surface area contributed by atoms with E-state index in [1.807, 2.05) is 13.8 Å². The van der Waals surface area contributed by atoms with Crippen LogP contribution < -0.4 is 0 Å². The molecule has 26 heavy (non-hydrogen) atoms.